The summed E-state index contributed by atoms with van der Waals surface area (Å²) in [7, 11) is 1.63. The van der Waals surface area contributed by atoms with Crippen LogP contribution < -0.4 is 0 Å². The summed E-state index contributed by atoms with van der Waals surface area (Å²) in [5.41, 5.74) is 1.28. The second-order valence-electron chi connectivity index (χ2n) is 4.72. The number of hydrogen-bond acceptors (Lipinski definition) is 3. The Labute approximate surface area is 126 Å². The fourth-order valence-corrected chi connectivity index (χ4v) is 2.13. The Morgan fingerprint density at radius 2 is 2.14 bits per heavy atom. The maximum atomic E-state index is 12.7. The maximum absolute atomic E-state index is 12.7. The number of hydrogen-bond donors (Lipinski definition) is 1. The van der Waals surface area contributed by atoms with Gasteiger partial charge in [0.05, 0.1) is 24.8 Å². The summed E-state index contributed by atoms with van der Waals surface area (Å²) in [5.74, 6) is 5.77. The van der Waals surface area contributed by atoms with Crippen LogP contribution in [0.3, 0.4) is 0 Å². The van der Waals surface area contributed by atoms with E-state index in [4.69, 9.17) is 9.84 Å². The third kappa shape index (κ3) is 4.89. The lowest BCUT2D eigenvalue weighted by atomic mass is 10.1. The molecule has 0 aliphatic heterocycles. The van der Waals surface area contributed by atoms with Crippen LogP contribution in [-0.4, -0.2) is 48.8 Å². The zero-order chi connectivity index (χ0) is 15.7. The van der Waals surface area contributed by atoms with Crippen LogP contribution in [0.5, 0.6) is 0 Å². The molecule has 114 valence electrons. The van der Waals surface area contributed by atoms with Crippen molar-refractivity contribution >= 4 is 5.91 Å². The van der Waals surface area contributed by atoms with Crippen LogP contribution in [0, 0.1) is 11.8 Å². The molecule has 4 nitrogen and oxygen atoms in total. The Kier molecular flexibility index (Phi) is 7.52. The molecule has 21 heavy (non-hydrogen) atoms. The third-order valence-electron chi connectivity index (χ3n) is 3.16. The number of aliphatic hydroxyl groups is 1. The van der Waals surface area contributed by atoms with E-state index in [1.165, 1.54) is 0 Å². The molecular weight excluding hydrogens is 266 g/mol. The predicted molar refractivity (Wildman–Crippen MR) is 83.1 cm³/mol. The average Bonchev–Trinajstić information content (AvgIpc) is 2.49. The van der Waals surface area contributed by atoms with Gasteiger partial charge in [0.1, 0.15) is 0 Å². The van der Waals surface area contributed by atoms with Crippen LogP contribution in [0.2, 0.25) is 0 Å². The Bertz CT molecular complexity index is 516. The van der Waals surface area contributed by atoms with Gasteiger partial charge in [-0.15, -0.1) is 0 Å². The largest absolute Gasteiger partial charge is 0.395 e. The van der Waals surface area contributed by atoms with Crippen LogP contribution in [0.4, 0.5) is 0 Å². The zero-order valence-electron chi connectivity index (χ0n) is 12.9. The molecule has 0 heterocycles. The Hall–Kier alpha value is -1.83. The molecule has 4 heteroatoms. The zero-order valence-corrected chi connectivity index (χ0v) is 12.9. The molecule has 0 bridgehead atoms. The maximum Gasteiger partial charge on any atom is 0.255 e. The van der Waals surface area contributed by atoms with E-state index in [2.05, 4.69) is 11.8 Å². The minimum Gasteiger partial charge on any atom is -0.395 e. The van der Waals surface area contributed by atoms with Gasteiger partial charge in [0.15, 0.2) is 0 Å². The first-order valence-corrected chi connectivity index (χ1v) is 7.14. The molecule has 0 aromatic heterocycles. The van der Waals surface area contributed by atoms with E-state index >= 15 is 0 Å². The standard InChI is InChI=1S/C17H23NO3/c1-4-18(14(2)13-21-3)17(20)16-11-6-5-9-15(16)10-7-8-12-19/h5-6,9,11,14,19H,4,8,12-13H2,1-3H3. The molecule has 0 aliphatic carbocycles. The molecule has 1 rings (SSSR count). The van der Waals surface area contributed by atoms with E-state index in [1.807, 2.05) is 32.0 Å². The van der Waals surface area contributed by atoms with Crippen molar-refractivity contribution in [3.8, 4) is 11.8 Å². The van der Waals surface area contributed by atoms with E-state index in [-0.39, 0.29) is 18.6 Å². The van der Waals surface area contributed by atoms with Gasteiger partial charge < -0.3 is 14.7 Å². The molecule has 1 aromatic carbocycles. The first kappa shape index (κ1) is 17.2. The summed E-state index contributed by atoms with van der Waals surface area (Å²) in [6, 6.07) is 7.30. The molecular formula is C17H23NO3. The second-order valence-corrected chi connectivity index (χ2v) is 4.72. The molecule has 0 radical (unpaired) electrons. The monoisotopic (exact) mass is 289 g/mol. The minimum atomic E-state index is -0.0454. The van der Waals surface area contributed by atoms with Crippen molar-refractivity contribution in [2.75, 3.05) is 26.9 Å². The van der Waals surface area contributed by atoms with Gasteiger partial charge in [0.25, 0.3) is 5.91 Å². The van der Waals surface area contributed by atoms with Gasteiger partial charge >= 0.3 is 0 Å². The van der Waals surface area contributed by atoms with Crippen LogP contribution in [0.1, 0.15) is 36.2 Å². The summed E-state index contributed by atoms with van der Waals surface area (Å²) in [4.78, 5) is 14.5. The SMILES string of the molecule is CCN(C(=O)c1ccccc1C#CCCO)C(C)COC. The van der Waals surface area contributed by atoms with Gasteiger partial charge in [0.2, 0.25) is 0 Å². The highest BCUT2D eigenvalue weighted by Crippen LogP contribution is 2.13. The number of rotatable bonds is 6. The molecule has 0 saturated carbocycles. The van der Waals surface area contributed by atoms with E-state index < -0.39 is 0 Å². The number of likely N-dealkylation sites (N-methyl/N-ethyl adjacent to an activating group) is 1. The fourth-order valence-electron chi connectivity index (χ4n) is 2.13. The number of carbonyl (C=O) groups excluding carboxylic acids is 1. The molecule has 0 aliphatic rings. The van der Waals surface area contributed by atoms with Crippen molar-refractivity contribution < 1.29 is 14.6 Å². The molecule has 0 spiro atoms. The van der Waals surface area contributed by atoms with Crippen LogP contribution in [0.25, 0.3) is 0 Å². The second kappa shape index (κ2) is 9.17. The minimum absolute atomic E-state index is 0.00552. The van der Waals surface area contributed by atoms with Crippen LogP contribution >= 0.6 is 0 Å². The summed E-state index contributed by atoms with van der Waals surface area (Å²) >= 11 is 0. The summed E-state index contributed by atoms with van der Waals surface area (Å²) in [5, 5.41) is 8.79. The summed E-state index contributed by atoms with van der Waals surface area (Å²) < 4.78 is 5.13. The smallest absolute Gasteiger partial charge is 0.255 e. The van der Waals surface area contributed by atoms with E-state index in [0.717, 1.165) is 0 Å². The third-order valence-corrected chi connectivity index (χ3v) is 3.16. The predicted octanol–water partition coefficient (Wildman–Crippen LogP) is 1.92. The first-order valence-electron chi connectivity index (χ1n) is 7.14. The van der Waals surface area contributed by atoms with E-state index in [0.29, 0.717) is 30.7 Å². The Morgan fingerprint density at radius 3 is 2.76 bits per heavy atom. The molecule has 1 N–H and O–H groups in total. The van der Waals surface area contributed by atoms with Crippen LogP contribution in [0.15, 0.2) is 24.3 Å². The number of benzene rings is 1. The molecule has 1 atom stereocenters. The van der Waals surface area contributed by atoms with Crippen molar-refractivity contribution in [2.24, 2.45) is 0 Å². The number of carbonyl (C=O) groups is 1. The highest BCUT2D eigenvalue weighted by atomic mass is 16.5. The average molecular weight is 289 g/mol. The highest BCUT2D eigenvalue weighted by molar-refractivity contribution is 5.97. The van der Waals surface area contributed by atoms with Gasteiger partial charge in [-0.3, -0.25) is 4.79 Å². The van der Waals surface area contributed by atoms with Gasteiger partial charge in [-0.2, -0.15) is 0 Å². The Morgan fingerprint density at radius 1 is 1.43 bits per heavy atom. The number of aliphatic hydroxyl groups excluding tert-OH is 1. The highest BCUT2D eigenvalue weighted by Gasteiger charge is 2.21. The van der Waals surface area contributed by atoms with E-state index in [9.17, 15) is 4.79 Å². The number of methoxy groups -OCH3 is 1. The van der Waals surface area contributed by atoms with Gasteiger partial charge in [-0.25, -0.2) is 0 Å². The fraction of sp³-hybridized carbons (Fsp3) is 0.471. The first-order chi connectivity index (χ1) is 10.2. The van der Waals surface area contributed by atoms with Crippen molar-refractivity contribution in [3.05, 3.63) is 35.4 Å². The normalized spacial score (nSPS) is 11.4. The lowest BCUT2D eigenvalue weighted by Gasteiger charge is -2.28. The van der Waals surface area contributed by atoms with Gasteiger partial charge in [-0.05, 0) is 26.0 Å². The number of amides is 1. The van der Waals surface area contributed by atoms with Gasteiger partial charge in [-0.1, -0.05) is 24.0 Å². The lowest BCUT2D eigenvalue weighted by molar-refractivity contribution is 0.0579. The van der Waals surface area contributed by atoms with Gasteiger partial charge in [0, 0.05) is 25.6 Å². The Balaban J connectivity index is 3.03. The molecule has 0 saturated heterocycles. The number of nitrogens with zero attached hydrogens (tertiary/aromatic N) is 1. The quantitative estimate of drug-likeness (QED) is 0.814. The topological polar surface area (TPSA) is 49.8 Å². The van der Waals surface area contributed by atoms with E-state index in [1.54, 1.807) is 18.1 Å². The van der Waals surface area contributed by atoms with Crippen LogP contribution in [-0.2, 0) is 4.74 Å². The van der Waals surface area contributed by atoms with Crippen molar-refractivity contribution in [2.45, 2.75) is 26.3 Å². The summed E-state index contributed by atoms with van der Waals surface area (Å²) in [6.07, 6.45) is 0.403. The molecule has 1 aromatic rings. The number of ether oxygens (including phenoxy) is 1. The molecule has 0 fully saturated rings. The van der Waals surface area contributed by atoms with Crippen molar-refractivity contribution in [1.82, 2.24) is 4.90 Å². The molecule has 1 amide bonds. The molecule has 1 unspecified atom stereocenters. The lowest BCUT2D eigenvalue weighted by Crippen LogP contribution is -2.41. The summed E-state index contributed by atoms with van der Waals surface area (Å²) in [6.45, 7) is 5.05. The van der Waals surface area contributed by atoms with Crippen molar-refractivity contribution in [3.63, 3.8) is 0 Å². The van der Waals surface area contributed by atoms with Crippen molar-refractivity contribution in [1.29, 1.82) is 0 Å².